The number of carbonyl (C=O) groups excluding carboxylic acids is 1. The Morgan fingerprint density at radius 3 is 2.91 bits per heavy atom. The number of ether oxygens (including phenoxy) is 1. The first-order valence-corrected chi connectivity index (χ1v) is 8.05. The first kappa shape index (κ1) is 16.0. The Morgan fingerprint density at radius 1 is 1.39 bits per heavy atom. The number of hydrogen-bond donors (Lipinski definition) is 2. The standard InChI is InChI=1S/C18H23NO4/c1-11-13-5-3-4-6-15(13)23-17(11)10-19-18(21)12-7-8-14(20)16(9-12)22-2/h3-6,12,14,16,20H,7-10H2,1-2H3,(H,19,21)/t12-,14+,16-/m1/s1. The van der Waals surface area contributed by atoms with Crippen LogP contribution in [0.1, 0.15) is 30.6 Å². The summed E-state index contributed by atoms with van der Waals surface area (Å²) in [6.07, 6.45) is 1.11. The number of amides is 1. The van der Waals surface area contributed by atoms with E-state index >= 15 is 0 Å². The van der Waals surface area contributed by atoms with Crippen LogP contribution in [0.2, 0.25) is 0 Å². The van der Waals surface area contributed by atoms with Crippen molar-refractivity contribution in [1.82, 2.24) is 5.32 Å². The number of methoxy groups -OCH3 is 1. The smallest absolute Gasteiger partial charge is 0.223 e. The highest BCUT2D eigenvalue weighted by molar-refractivity contribution is 5.82. The lowest BCUT2D eigenvalue weighted by Crippen LogP contribution is -2.41. The quantitative estimate of drug-likeness (QED) is 0.909. The van der Waals surface area contributed by atoms with E-state index in [2.05, 4.69) is 5.32 Å². The molecular formula is C18H23NO4. The maximum Gasteiger partial charge on any atom is 0.223 e. The third-order valence-electron chi connectivity index (χ3n) is 4.80. The van der Waals surface area contributed by atoms with Gasteiger partial charge >= 0.3 is 0 Å². The van der Waals surface area contributed by atoms with Gasteiger partial charge < -0.3 is 19.6 Å². The van der Waals surface area contributed by atoms with Crippen molar-refractivity contribution in [2.75, 3.05) is 7.11 Å². The number of aryl methyl sites for hydroxylation is 1. The molecule has 2 N–H and O–H groups in total. The number of fused-ring (bicyclic) bond motifs is 1. The molecule has 0 spiro atoms. The minimum absolute atomic E-state index is 0.00111. The van der Waals surface area contributed by atoms with Crippen molar-refractivity contribution in [3.8, 4) is 0 Å². The Hall–Kier alpha value is -1.85. The fourth-order valence-electron chi connectivity index (χ4n) is 3.31. The summed E-state index contributed by atoms with van der Waals surface area (Å²) in [7, 11) is 1.58. The molecule has 1 aromatic carbocycles. The summed E-state index contributed by atoms with van der Waals surface area (Å²) in [4.78, 5) is 12.4. The number of rotatable bonds is 4. The van der Waals surface area contributed by atoms with E-state index in [9.17, 15) is 9.90 Å². The van der Waals surface area contributed by atoms with Crippen molar-refractivity contribution >= 4 is 16.9 Å². The van der Waals surface area contributed by atoms with Crippen molar-refractivity contribution in [3.63, 3.8) is 0 Å². The van der Waals surface area contributed by atoms with Crippen molar-refractivity contribution in [1.29, 1.82) is 0 Å². The molecule has 3 rings (SSSR count). The van der Waals surface area contributed by atoms with E-state index in [0.717, 1.165) is 22.3 Å². The topological polar surface area (TPSA) is 71.7 Å². The first-order valence-electron chi connectivity index (χ1n) is 8.05. The fourth-order valence-corrected chi connectivity index (χ4v) is 3.31. The molecule has 0 radical (unpaired) electrons. The first-order chi connectivity index (χ1) is 11.1. The molecule has 1 fully saturated rings. The van der Waals surface area contributed by atoms with Crippen LogP contribution in [-0.4, -0.2) is 30.3 Å². The van der Waals surface area contributed by atoms with Gasteiger partial charge in [0.15, 0.2) is 0 Å². The van der Waals surface area contributed by atoms with Crippen LogP contribution in [0.4, 0.5) is 0 Å². The number of benzene rings is 1. The monoisotopic (exact) mass is 317 g/mol. The fraction of sp³-hybridized carbons (Fsp3) is 0.500. The number of hydrogen-bond acceptors (Lipinski definition) is 4. The summed E-state index contributed by atoms with van der Waals surface area (Å²) in [5, 5.41) is 13.9. The Labute approximate surface area is 135 Å². The van der Waals surface area contributed by atoms with Gasteiger partial charge in [0.2, 0.25) is 5.91 Å². The van der Waals surface area contributed by atoms with E-state index in [1.54, 1.807) is 7.11 Å². The highest BCUT2D eigenvalue weighted by atomic mass is 16.5. The minimum Gasteiger partial charge on any atom is -0.459 e. The average molecular weight is 317 g/mol. The van der Waals surface area contributed by atoms with Gasteiger partial charge in [-0.15, -0.1) is 0 Å². The highest BCUT2D eigenvalue weighted by Gasteiger charge is 2.32. The predicted molar refractivity (Wildman–Crippen MR) is 86.9 cm³/mol. The second kappa shape index (κ2) is 6.72. The second-order valence-electron chi connectivity index (χ2n) is 6.22. The maximum absolute atomic E-state index is 12.4. The van der Waals surface area contributed by atoms with Crippen LogP contribution in [-0.2, 0) is 16.1 Å². The van der Waals surface area contributed by atoms with Crippen LogP contribution in [0.3, 0.4) is 0 Å². The molecule has 1 aliphatic carbocycles. The van der Waals surface area contributed by atoms with E-state index < -0.39 is 6.10 Å². The molecule has 5 heteroatoms. The Morgan fingerprint density at radius 2 is 2.17 bits per heavy atom. The minimum atomic E-state index is -0.471. The van der Waals surface area contributed by atoms with E-state index in [4.69, 9.17) is 9.15 Å². The number of furan rings is 1. The second-order valence-corrected chi connectivity index (χ2v) is 6.22. The lowest BCUT2D eigenvalue weighted by Gasteiger charge is -2.31. The summed E-state index contributed by atoms with van der Waals surface area (Å²) in [6.45, 7) is 2.39. The van der Waals surface area contributed by atoms with E-state index in [1.807, 2.05) is 31.2 Å². The number of aliphatic hydroxyl groups is 1. The molecule has 1 amide bonds. The normalized spacial score (nSPS) is 24.7. The zero-order valence-electron chi connectivity index (χ0n) is 13.5. The van der Waals surface area contributed by atoms with Crippen LogP contribution in [0, 0.1) is 12.8 Å². The molecule has 0 bridgehead atoms. The van der Waals surface area contributed by atoms with Gasteiger partial charge in [0.05, 0.1) is 18.8 Å². The van der Waals surface area contributed by atoms with E-state index in [1.165, 1.54) is 0 Å². The van der Waals surface area contributed by atoms with Gasteiger partial charge in [-0.2, -0.15) is 0 Å². The lowest BCUT2D eigenvalue weighted by atomic mass is 9.84. The van der Waals surface area contributed by atoms with Gasteiger partial charge in [0, 0.05) is 24.0 Å². The summed E-state index contributed by atoms with van der Waals surface area (Å²) in [5.74, 6) is 0.672. The van der Waals surface area contributed by atoms with E-state index in [-0.39, 0.29) is 17.9 Å². The molecule has 0 unspecified atom stereocenters. The van der Waals surface area contributed by atoms with Crippen molar-refractivity contribution < 1.29 is 19.1 Å². The lowest BCUT2D eigenvalue weighted by molar-refractivity contribution is -0.130. The zero-order chi connectivity index (χ0) is 16.4. The molecule has 3 atom stereocenters. The maximum atomic E-state index is 12.4. The molecule has 23 heavy (non-hydrogen) atoms. The summed E-state index contributed by atoms with van der Waals surface area (Å²) < 4.78 is 11.1. The largest absolute Gasteiger partial charge is 0.459 e. The van der Waals surface area contributed by atoms with Crippen LogP contribution in [0.25, 0.3) is 11.0 Å². The Balaban J connectivity index is 1.63. The van der Waals surface area contributed by atoms with Crippen molar-refractivity contribution in [2.24, 2.45) is 5.92 Å². The van der Waals surface area contributed by atoms with Gasteiger partial charge in [-0.1, -0.05) is 18.2 Å². The number of carbonyl (C=O) groups is 1. The third kappa shape index (κ3) is 3.26. The molecule has 124 valence electrons. The molecule has 2 aromatic rings. The molecule has 1 aromatic heterocycles. The van der Waals surface area contributed by atoms with Crippen LogP contribution >= 0.6 is 0 Å². The van der Waals surface area contributed by atoms with Gasteiger partial charge in [0.25, 0.3) is 0 Å². The van der Waals surface area contributed by atoms with E-state index in [0.29, 0.717) is 25.8 Å². The van der Waals surface area contributed by atoms with Crippen LogP contribution in [0.15, 0.2) is 28.7 Å². The molecule has 1 aliphatic rings. The summed E-state index contributed by atoms with van der Waals surface area (Å²) >= 11 is 0. The van der Waals surface area contributed by atoms with Gasteiger partial charge in [-0.25, -0.2) is 0 Å². The van der Waals surface area contributed by atoms with Gasteiger partial charge in [-0.3, -0.25) is 4.79 Å². The Bertz CT molecular complexity index is 693. The molecule has 0 aliphatic heterocycles. The van der Waals surface area contributed by atoms with Crippen molar-refractivity contribution in [3.05, 3.63) is 35.6 Å². The molecule has 1 heterocycles. The molecular weight excluding hydrogens is 294 g/mol. The summed E-state index contributed by atoms with van der Waals surface area (Å²) in [5.41, 5.74) is 1.91. The van der Waals surface area contributed by atoms with Crippen molar-refractivity contribution in [2.45, 2.75) is 44.9 Å². The number of nitrogens with one attached hydrogen (secondary N) is 1. The molecule has 5 nitrogen and oxygen atoms in total. The summed E-state index contributed by atoms with van der Waals surface area (Å²) in [6, 6.07) is 7.86. The number of aliphatic hydroxyl groups excluding tert-OH is 1. The van der Waals surface area contributed by atoms with Crippen LogP contribution in [0.5, 0.6) is 0 Å². The average Bonchev–Trinajstić information content (AvgIpc) is 2.89. The van der Waals surface area contributed by atoms with Crippen LogP contribution < -0.4 is 5.32 Å². The highest BCUT2D eigenvalue weighted by Crippen LogP contribution is 2.28. The third-order valence-corrected chi connectivity index (χ3v) is 4.80. The van der Waals surface area contributed by atoms with Gasteiger partial charge in [0.1, 0.15) is 11.3 Å². The number of para-hydroxylation sites is 1. The molecule has 1 saturated carbocycles. The predicted octanol–water partition coefficient (Wildman–Crippen LogP) is 2.53. The molecule has 0 saturated heterocycles. The van der Waals surface area contributed by atoms with Gasteiger partial charge in [-0.05, 0) is 32.3 Å². The Kier molecular flexibility index (Phi) is 4.68. The SMILES string of the molecule is CO[C@@H]1C[C@H](C(=O)NCc2oc3ccccc3c2C)CC[C@@H]1O. The zero-order valence-corrected chi connectivity index (χ0v) is 13.5.